The Morgan fingerprint density at radius 1 is 1.44 bits per heavy atom. The van der Waals surface area contributed by atoms with Crippen LogP contribution in [0, 0.1) is 0 Å². The van der Waals surface area contributed by atoms with Gasteiger partial charge in [-0.1, -0.05) is 0 Å². The Hall–Kier alpha value is -1.62. The van der Waals surface area contributed by atoms with Crippen LogP contribution in [-0.4, -0.2) is 36.2 Å². The highest BCUT2D eigenvalue weighted by molar-refractivity contribution is 6.01. The van der Waals surface area contributed by atoms with Crippen molar-refractivity contribution in [1.29, 1.82) is 0 Å². The summed E-state index contributed by atoms with van der Waals surface area (Å²) in [5.74, 6) is 0.829. The quantitative estimate of drug-likeness (QED) is 0.767. The number of hydrogen-bond donors (Lipinski definition) is 2. The van der Waals surface area contributed by atoms with E-state index < -0.39 is 0 Å². The molecule has 1 aromatic heterocycles. The first-order valence-electron chi connectivity index (χ1n) is 6.53. The molecule has 5 nitrogen and oxygen atoms in total. The summed E-state index contributed by atoms with van der Waals surface area (Å²) in [5, 5.41) is 6.54. The molecule has 0 aromatic carbocycles. The van der Waals surface area contributed by atoms with Crippen LogP contribution in [0.15, 0.2) is 18.3 Å². The van der Waals surface area contributed by atoms with Crippen LogP contribution in [0.2, 0.25) is 0 Å². The normalized spacial score (nSPS) is 21.6. The summed E-state index contributed by atoms with van der Waals surface area (Å²) in [4.78, 5) is 18.9. The van der Waals surface area contributed by atoms with E-state index in [2.05, 4.69) is 27.4 Å². The first-order valence-corrected chi connectivity index (χ1v) is 6.53. The molecule has 0 aliphatic carbocycles. The predicted octanol–water partition coefficient (Wildman–Crippen LogP) is 0.731. The minimum Gasteiger partial charge on any atom is -0.333 e. The van der Waals surface area contributed by atoms with Crippen molar-refractivity contribution in [2.24, 2.45) is 0 Å². The number of rotatable bonds is 1. The van der Waals surface area contributed by atoms with Gasteiger partial charge in [-0.3, -0.25) is 4.79 Å². The van der Waals surface area contributed by atoms with Crippen LogP contribution < -0.4 is 15.5 Å². The fourth-order valence-corrected chi connectivity index (χ4v) is 3.03. The predicted molar refractivity (Wildman–Crippen MR) is 69.6 cm³/mol. The molecule has 2 aliphatic rings. The maximum atomic E-state index is 12.2. The van der Waals surface area contributed by atoms with Gasteiger partial charge in [0.15, 0.2) is 0 Å². The van der Waals surface area contributed by atoms with E-state index in [0.717, 1.165) is 38.3 Å². The summed E-state index contributed by atoms with van der Waals surface area (Å²) in [6, 6.07) is 3.65. The average molecular weight is 246 g/mol. The minimum absolute atomic E-state index is 0.00435. The number of piperidine rings is 1. The van der Waals surface area contributed by atoms with Gasteiger partial charge in [-0.25, -0.2) is 4.98 Å². The zero-order valence-corrected chi connectivity index (χ0v) is 10.6. The molecule has 0 saturated carbocycles. The molecule has 1 fully saturated rings. The van der Waals surface area contributed by atoms with Crippen molar-refractivity contribution in [3.05, 3.63) is 23.9 Å². The van der Waals surface area contributed by atoms with Crippen molar-refractivity contribution < 1.29 is 4.79 Å². The second-order valence-electron chi connectivity index (χ2n) is 4.85. The zero-order valence-electron chi connectivity index (χ0n) is 10.6. The summed E-state index contributed by atoms with van der Waals surface area (Å²) in [6.45, 7) is 4.82. The molecule has 2 N–H and O–H groups in total. The second-order valence-corrected chi connectivity index (χ2v) is 4.85. The van der Waals surface area contributed by atoms with Crippen molar-refractivity contribution in [3.63, 3.8) is 0 Å². The molecule has 1 saturated heterocycles. The fourth-order valence-electron chi connectivity index (χ4n) is 3.03. The Kier molecular flexibility index (Phi) is 2.70. The molecule has 2 aliphatic heterocycles. The average Bonchev–Trinajstić information content (AvgIpc) is 2.40. The van der Waals surface area contributed by atoms with Crippen LogP contribution in [0.5, 0.6) is 0 Å². The van der Waals surface area contributed by atoms with Gasteiger partial charge < -0.3 is 15.5 Å². The Morgan fingerprint density at radius 2 is 2.22 bits per heavy atom. The monoisotopic (exact) mass is 246 g/mol. The summed E-state index contributed by atoms with van der Waals surface area (Å²) < 4.78 is 0. The van der Waals surface area contributed by atoms with Gasteiger partial charge in [0.25, 0.3) is 5.91 Å². The number of pyridine rings is 1. The zero-order chi connectivity index (χ0) is 12.6. The molecule has 0 bridgehead atoms. The van der Waals surface area contributed by atoms with E-state index in [9.17, 15) is 4.79 Å². The van der Waals surface area contributed by atoms with E-state index in [-0.39, 0.29) is 11.6 Å². The van der Waals surface area contributed by atoms with Gasteiger partial charge >= 0.3 is 0 Å². The number of amides is 1. The van der Waals surface area contributed by atoms with E-state index >= 15 is 0 Å². The lowest BCUT2D eigenvalue weighted by molar-refractivity contribution is 0.0850. The summed E-state index contributed by atoms with van der Waals surface area (Å²) in [7, 11) is 0. The van der Waals surface area contributed by atoms with Gasteiger partial charge in [-0.05, 0) is 32.1 Å². The number of fused-ring (bicyclic) bond motifs is 1. The third kappa shape index (κ3) is 1.58. The molecule has 1 amide bonds. The first kappa shape index (κ1) is 11.5. The number of carbonyl (C=O) groups is 1. The standard InChI is InChI=1S/C13H18N4O/c1-2-17-11-10(4-3-7-15-11)12(18)16-13(17)5-8-14-9-6-13/h3-4,7,14H,2,5-6,8-9H2,1H3,(H,16,18). The van der Waals surface area contributed by atoms with Gasteiger partial charge in [0.1, 0.15) is 11.5 Å². The minimum atomic E-state index is -0.252. The van der Waals surface area contributed by atoms with Crippen LogP contribution in [0.3, 0.4) is 0 Å². The number of carbonyl (C=O) groups excluding carboxylic acids is 1. The third-order valence-corrected chi connectivity index (χ3v) is 3.90. The first-order chi connectivity index (χ1) is 8.77. The topological polar surface area (TPSA) is 57.3 Å². The molecular formula is C13H18N4O. The molecule has 0 atom stereocenters. The molecule has 18 heavy (non-hydrogen) atoms. The van der Waals surface area contributed by atoms with Crippen LogP contribution >= 0.6 is 0 Å². The SMILES string of the molecule is CCN1c2ncccc2C(=O)NC12CCNCC2. The largest absolute Gasteiger partial charge is 0.333 e. The van der Waals surface area contributed by atoms with Crippen LogP contribution in [0.1, 0.15) is 30.1 Å². The van der Waals surface area contributed by atoms with Crippen molar-refractivity contribution in [2.45, 2.75) is 25.4 Å². The smallest absolute Gasteiger partial charge is 0.256 e. The van der Waals surface area contributed by atoms with Gasteiger partial charge in [0.05, 0.1) is 5.56 Å². The van der Waals surface area contributed by atoms with Crippen LogP contribution in [0.4, 0.5) is 5.82 Å². The Labute approximate surface area is 107 Å². The third-order valence-electron chi connectivity index (χ3n) is 3.90. The highest BCUT2D eigenvalue weighted by Crippen LogP contribution is 2.34. The molecular weight excluding hydrogens is 228 g/mol. The number of aromatic nitrogens is 1. The molecule has 0 radical (unpaired) electrons. The maximum absolute atomic E-state index is 12.2. The van der Waals surface area contributed by atoms with E-state index in [0.29, 0.717) is 5.56 Å². The van der Waals surface area contributed by atoms with Gasteiger partial charge in [0.2, 0.25) is 0 Å². The molecule has 96 valence electrons. The highest BCUT2D eigenvalue weighted by Gasteiger charge is 2.44. The lowest BCUT2D eigenvalue weighted by Crippen LogP contribution is -2.67. The van der Waals surface area contributed by atoms with Crippen LogP contribution in [0.25, 0.3) is 0 Å². The van der Waals surface area contributed by atoms with E-state index in [1.54, 1.807) is 6.20 Å². The Morgan fingerprint density at radius 3 is 2.94 bits per heavy atom. The molecule has 1 aromatic rings. The summed E-state index contributed by atoms with van der Waals surface area (Å²) >= 11 is 0. The lowest BCUT2D eigenvalue weighted by Gasteiger charge is -2.50. The van der Waals surface area contributed by atoms with Crippen molar-refractivity contribution in [1.82, 2.24) is 15.6 Å². The molecule has 3 rings (SSSR count). The second kappa shape index (κ2) is 4.24. The Balaban J connectivity index is 2.07. The lowest BCUT2D eigenvalue weighted by atomic mass is 9.92. The fraction of sp³-hybridized carbons (Fsp3) is 0.538. The van der Waals surface area contributed by atoms with E-state index in [4.69, 9.17) is 0 Å². The summed E-state index contributed by atoms with van der Waals surface area (Å²) in [5.41, 5.74) is 0.432. The molecule has 5 heteroatoms. The highest BCUT2D eigenvalue weighted by atomic mass is 16.2. The maximum Gasteiger partial charge on any atom is 0.256 e. The van der Waals surface area contributed by atoms with Gasteiger partial charge in [-0.15, -0.1) is 0 Å². The number of anilines is 1. The van der Waals surface area contributed by atoms with Crippen molar-refractivity contribution in [3.8, 4) is 0 Å². The summed E-state index contributed by atoms with van der Waals surface area (Å²) in [6.07, 6.45) is 3.60. The van der Waals surface area contributed by atoms with E-state index in [1.165, 1.54) is 0 Å². The van der Waals surface area contributed by atoms with E-state index in [1.807, 2.05) is 12.1 Å². The Bertz CT molecular complexity index is 468. The van der Waals surface area contributed by atoms with Gasteiger partial charge in [0, 0.05) is 25.6 Å². The van der Waals surface area contributed by atoms with Crippen molar-refractivity contribution >= 4 is 11.7 Å². The number of hydrogen-bond acceptors (Lipinski definition) is 4. The number of nitrogens with zero attached hydrogens (tertiary/aromatic N) is 2. The van der Waals surface area contributed by atoms with Gasteiger partial charge in [-0.2, -0.15) is 0 Å². The molecule has 1 spiro atoms. The van der Waals surface area contributed by atoms with Crippen LogP contribution in [-0.2, 0) is 0 Å². The molecule has 0 unspecified atom stereocenters. The number of nitrogens with one attached hydrogen (secondary N) is 2. The molecule has 3 heterocycles. The van der Waals surface area contributed by atoms with Crippen molar-refractivity contribution in [2.75, 3.05) is 24.5 Å².